The van der Waals surface area contributed by atoms with E-state index in [1.54, 1.807) is 24.3 Å². The molecule has 6 atom stereocenters. The van der Waals surface area contributed by atoms with E-state index in [0.717, 1.165) is 0 Å². The van der Waals surface area contributed by atoms with Crippen molar-refractivity contribution in [3.63, 3.8) is 0 Å². The van der Waals surface area contributed by atoms with Crippen molar-refractivity contribution in [3.05, 3.63) is 60.1 Å². The lowest BCUT2D eigenvalue weighted by atomic mass is 9.50. The van der Waals surface area contributed by atoms with Crippen molar-refractivity contribution >= 4 is 17.7 Å². The summed E-state index contributed by atoms with van der Waals surface area (Å²) < 4.78 is 23.8. The molecule has 0 N–H and O–H groups in total. The summed E-state index contributed by atoms with van der Waals surface area (Å²) in [5.74, 6) is -1.30. The standard InChI is InChI=1S/C27H30O7/c1-16-12-20(28)22(33-24(30)18-10-11-31-15-18)26(4)21(32-23(29)17-8-6-5-7-9-17)13-19-14-27(16,26)34-25(19,2)3/h5-11,15-16,19,21-22H,12-14H2,1-4H3/t16-,19-,21+,22+,26-,27+/m1/s1. The van der Waals surface area contributed by atoms with Crippen molar-refractivity contribution < 1.29 is 33.0 Å². The molecule has 2 heterocycles. The molecule has 0 unspecified atom stereocenters. The van der Waals surface area contributed by atoms with E-state index in [2.05, 4.69) is 0 Å². The molecular formula is C27H30O7. The largest absolute Gasteiger partial charge is 0.472 e. The second-order valence-electron chi connectivity index (χ2n) is 10.6. The number of furan rings is 1. The minimum atomic E-state index is -1.12. The second-order valence-corrected chi connectivity index (χ2v) is 10.6. The Morgan fingerprint density at radius 3 is 2.38 bits per heavy atom. The van der Waals surface area contributed by atoms with Crippen molar-refractivity contribution in [2.24, 2.45) is 17.3 Å². The fourth-order valence-corrected chi connectivity index (χ4v) is 6.50. The minimum absolute atomic E-state index is 0.128. The van der Waals surface area contributed by atoms with Gasteiger partial charge in [0.1, 0.15) is 12.4 Å². The van der Waals surface area contributed by atoms with Gasteiger partial charge in [0, 0.05) is 6.42 Å². The quantitative estimate of drug-likeness (QED) is 0.608. The molecule has 1 aromatic heterocycles. The third-order valence-electron chi connectivity index (χ3n) is 8.44. The number of ketones is 1. The van der Waals surface area contributed by atoms with Crippen LogP contribution in [0.1, 0.15) is 67.7 Å². The van der Waals surface area contributed by atoms with E-state index in [9.17, 15) is 14.4 Å². The van der Waals surface area contributed by atoms with Crippen LogP contribution in [0.2, 0.25) is 0 Å². The number of esters is 2. The van der Waals surface area contributed by atoms with Crippen molar-refractivity contribution in [1.82, 2.24) is 0 Å². The maximum Gasteiger partial charge on any atom is 0.342 e. The topological polar surface area (TPSA) is 92.0 Å². The number of carbonyl (C=O) groups excluding carboxylic acids is 3. The highest BCUT2D eigenvalue weighted by Crippen LogP contribution is 2.66. The minimum Gasteiger partial charge on any atom is -0.472 e. The van der Waals surface area contributed by atoms with E-state index in [4.69, 9.17) is 18.6 Å². The number of hydrogen-bond donors (Lipinski definition) is 0. The average Bonchev–Trinajstić information content (AvgIpc) is 3.41. The van der Waals surface area contributed by atoms with Gasteiger partial charge in [-0.3, -0.25) is 4.79 Å². The lowest BCUT2D eigenvalue weighted by molar-refractivity contribution is -0.245. The lowest BCUT2D eigenvalue weighted by Crippen LogP contribution is -2.70. The lowest BCUT2D eigenvalue weighted by Gasteiger charge is -2.59. The van der Waals surface area contributed by atoms with Gasteiger partial charge in [-0.15, -0.1) is 0 Å². The molecule has 1 saturated heterocycles. The fraction of sp³-hybridized carbons (Fsp3) is 0.519. The first-order valence-corrected chi connectivity index (χ1v) is 11.8. The number of carbonyl (C=O) groups is 3. The number of fused-ring (bicyclic) bond motifs is 1. The van der Waals surface area contributed by atoms with Gasteiger partial charge in [-0.1, -0.05) is 25.1 Å². The Bertz CT molecular complexity index is 1110. The summed E-state index contributed by atoms with van der Waals surface area (Å²) in [5.41, 5.74) is -1.65. The van der Waals surface area contributed by atoms with E-state index >= 15 is 0 Å². The number of Topliss-reactive ketones (excluding diaryl/α,β-unsaturated/α-hetero) is 1. The molecular weight excluding hydrogens is 436 g/mol. The summed E-state index contributed by atoms with van der Waals surface area (Å²) in [6.07, 6.45) is 2.33. The van der Waals surface area contributed by atoms with Gasteiger partial charge in [0.25, 0.3) is 0 Å². The van der Waals surface area contributed by atoms with Crippen LogP contribution >= 0.6 is 0 Å². The predicted octanol–water partition coefficient (Wildman–Crippen LogP) is 4.60. The molecule has 2 bridgehead atoms. The molecule has 7 heteroatoms. The maximum absolute atomic E-state index is 13.4. The number of hydrogen-bond acceptors (Lipinski definition) is 7. The highest BCUT2D eigenvalue weighted by Gasteiger charge is 2.75. The summed E-state index contributed by atoms with van der Waals surface area (Å²) in [4.78, 5) is 39.5. The van der Waals surface area contributed by atoms with Gasteiger partial charge in [-0.05, 0) is 63.6 Å². The van der Waals surface area contributed by atoms with Gasteiger partial charge in [0.2, 0.25) is 0 Å². The Morgan fingerprint density at radius 2 is 1.71 bits per heavy atom. The third-order valence-corrected chi connectivity index (χ3v) is 8.44. The summed E-state index contributed by atoms with van der Waals surface area (Å²) in [5, 5.41) is 0. The van der Waals surface area contributed by atoms with Crippen LogP contribution in [0.5, 0.6) is 0 Å². The Morgan fingerprint density at radius 1 is 1.00 bits per heavy atom. The van der Waals surface area contributed by atoms with E-state index in [1.807, 2.05) is 33.8 Å². The third kappa shape index (κ3) is 3.24. The number of ether oxygens (including phenoxy) is 3. The average molecular weight is 467 g/mol. The Labute approximate surface area is 198 Å². The molecule has 0 amide bonds. The Hall–Kier alpha value is -2.93. The second kappa shape index (κ2) is 7.80. The molecule has 3 fully saturated rings. The van der Waals surface area contributed by atoms with Crippen LogP contribution in [-0.4, -0.2) is 41.1 Å². The van der Waals surface area contributed by atoms with Crippen LogP contribution in [0.25, 0.3) is 0 Å². The van der Waals surface area contributed by atoms with Crippen LogP contribution in [0.4, 0.5) is 0 Å². The van der Waals surface area contributed by atoms with Gasteiger partial charge in [-0.25, -0.2) is 9.59 Å². The molecule has 0 radical (unpaired) electrons. The summed E-state index contributed by atoms with van der Waals surface area (Å²) in [6.45, 7) is 7.98. The summed E-state index contributed by atoms with van der Waals surface area (Å²) in [7, 11) is 0. The monoisotopic (exact) mass is 466 g/mol. The smallest absolute Gasteiger partial charge is 0.342 e. The van der Waals surface area contributed by atoms with E-state index < -0.39 is 40.8 Å². The van der Waals surface area contributed by atoms with Crippen LogP contribution in [-0.2, 0) is 19.0 Å². The molecule has 180 valence electrons. The maximum atomic E-state index is 13.4. The van der Waals surface area contributed by atoms with Gasteiger partial charge in [0.15, 0.2) is 11.9 Å². The first-order chi connectivity index (χ1) is 16.1. The molecule has 5 rings (SSSR count). The molecule has 1 spiro atoms. The summed E-state index contributed by atoms with van der Waals surface area (Å²) in [6, 6.07) is 10.3. The number of rotatable bonds is 4. The molecule has 2 saturated carbocycles. The number of benzene rings is 1. The zero-order chi connectivity index (χ0) is 24.3. The molecule has 1 aliphatic heterocycles. The van der Waals surface area contributed by atoms with Crippen LogP contribution < -0.4 is 0 Å². The highest BCUT2D eigenvalue weighted by molar-refractivity contribution is 5.94. The predicted molar refractivity (Wildman–Crippen MR) is 121 cm³/mol. The van der Waals surface area contributed by atoms with Crippen LogP contribution in [0.15, 0.2) is 53.3 Å². The SMILES string of the molecule is C[C@@H]1CC(=O)[C@H](OC(=O)c2ccoc2)[C@@]2(C)[C@@H](OC(=O)c3ccccc3)C[C@@H]3C[C@]12OC3(C)C. The molecule has 7 nitrogen and oxygen atoms in total. The molecule has 2 aliphatic carbocycles. The van der Waals surface area contributed by atoms with E-state index in [1.165, 1.54) is 18.6 Å². The Kier molecular flexibility index (Phi) is 5.24. The normalized spacial score (nSPS) is 35.9. The van der Waals surface area contributed by atoms with Gasteiger partial charge in [0.05, 0.1) is 34.0 Å². The Balaban J connectivity index is 1.57. The van der Waals surface area contributed by atoms with Crippen molar-refractivity contribution in [3.8, 4) is 0 Å². The highest BCUT2D eigenvalue weighted by atomic mass is 16.6. The van der Waals surface area contributed by atoms with Crippen LogP contribution in [0.3, 0.4) is 0 Å². The zero-order valence-electron chi connectivity index (χ0n) is 19.9. The van der Waals surface area contributed by atoms with Gasteiger partial charge < -0.3 is 18.6 Å². The fourth-order valence-electron chi connectivity index (χ4n) is 6.50. The van der Waals surface area contributed by atoms with Crippen LogP contribution in [0, 0.1) is 17.3 Å². The van der Waals surface area contributed by atoms with E-state index in [-0.39, 0.29) is 29.6 Å². The molecule has 1 aromatic carbocycles. The van der Waals surface area contributed by atoms with Crippen molar-refractivity contribution in [2.75, 3.05) is 0 Å². The van der Waals surface area contributed by atoms with Crippen molar-refractivity contribution in [1.29, 1.82) is 0 Å². The van der Waals surface area contributed by atoms with Crippen molar-refractivity contribution in [2.45, 2.75) is 70.4 Å². The van der Waals surface area contributed by atoms with E-state index in [0.29, 0.717) is 18.4 Å². The van der Waals surface area contributed by atoms with Gasteiger partial charge >= 0.3 is 11.9 Å². The first kappa shape index (κ1) is 22.8. The first-order valence-electron chi connectivity index (χ1n) is 11.8. The molecule has 34 heavy (non-hydrogen) atoms. The molecule has 2 aromatic rings. The molecule has 3 aliphatic rings. The zero-order valence-corrected chi connectivity index (χ0v) is 19.9. The summed E-state index contributed by atoms with van der Waals surface area (Å²) >= 11 is 0. The van der Waals surface area contributed by atoms with Gasteiger partial charge in [-0.2, -0.15) is 0 Å².